The van der Waals surface area contributed by atoms with E-state index in [1.54, 1.807) is 12.1 Å². The number of carboxylic acid groups (broad SMARTS) is 1. The molecule has 2 rings (SSSR count). The Balaban J connectivity index is 2.37. The van der Waals surface area contributed by atoms with Crippen molar-refractivity contribution in [2.45, 2.75) is 19.4 Å². The minimum Gasteiger partial charge on any atom is -0.479 e. The summed E-state index contributed by atoms with van der Waals surface area (Å²) in [6.45, 7) is 2.79. The van der Waals surface area contributed by atoms with Crippen LogP contribution in [0.25, 0.3) is 11.1 Å². The van der Waals surface area contributed by atoms with Gasteiger partial charge in [-0.3, -0.25) is 4.79 Å². The van der Waals surface area contributed by atoms with E-state index >= 15 is 0 Å². The van der Waals surface area contributed by atoms with Gasteiger partial charge >= 0.3 is 5.97 Å². The molecule has 21 heavy (non-hydrogen) atoms. The van der Waals surface area contributed by atoms with Crippen molar-refractivity contribution in [3.05, 3.63) is 60.2 Å². The number of hydrogen-bond donors (Lipinski definition) is 2. The fourth-order valence-electron chi connectivity index (χ4n) is 2.23. The minimum atomic E-state index is -1.43. The summed E-state index contributed by atoms with van der Waals surface area (Å²) < 4.78 is 0. The molecule has 4 nitrogen and oxygen atoms in total. The maximum Gasteiger partial charge on any atom is 0.333 e. The van der Waals surface area contributed by atoms with E-state index in [2.05, 4.69) is 5.32 Å². The Hall–Kier alpha value is -2.62. The minimum absolute atomic E-state index is 0.382. The summed E-state index contributed by atoms with van der Waals surface area (Å²) in [6, 6.07) is 17.0. The molecule has 0 bridgehead atoms. The highest BCUT2D eigenvalue weighted by Crippen LogP contribution is 2.25. The summed E-state index contributed by atoms with van der Waals surface area (Å²) in [5.41, 5.74) is 1.15. The number of benzene rings is 2. The van der Waals surface area contributed by atoms with Crippen molar-refractivity contribution >= 4 is 11.9 Å². The number of hydrogen-bond acceptors (Lipinski definition) is 2. The predicted molar refractivity (Wildman–Crippen MR) is 80.7 cm³/mol. The molecular weight excluding hydrogens is 266 g/mol. The first kappa shape index (κ1) is 14.8. The van der Waals surface area contributed by atoms with Crippen LogP contribution < -0.4 is 5.32 Å². The van der Waals surface area contributed by atoms with Gasteiger partial charge in [0, 0.05) is 6.92 Å². The van der Waals surface area contributed by atoms with Crippen molar-refractivity contribution < 1.29 is 14.7 Å². The lowest BCUT2D eigenvalue weighted by Gasteiger charge is -2.26. The Morgan fingerprint density at radius 2 is 1.48 bits per heavy atom. The van der Waals surface area contributed by atoms with Crippen LogP contribution in [0.3, 0.4) is 0 Å². The molecule has 2 aromatic rings. The molecule has 2 aromatic carbocycles. The molecule has 0 radical (unpaired) electrons. The Morgan fingerprint density at radius 3 is 1.95 bits per heavy atom. The van der Waals surface area contributed by atoms with Crippen molar-refractivity contribution in [1.82, 2.24) is 5.32 Å². The molecule has 2 N–H and O–H groups in total. The normalized spacial score (nSPS) is 13.2. The van der Waals surface area contributed by atoms with Gasteiger partial charge in [0.05, 0.1) is 0 Å². The van der Waals surface area contributed by atoms with Gasteiger partial charge < -0.3 is 10.4 Å². The molecule has 0 aliphatic carbocycles. The highest BCUT2D eigenvalue weighted by molar-refractivity contribution is 5.87. The number of carbonyl (C=O) groups is 2. The van der Waals surface area contributed by atoms with E-state index in [1.165, 1.54) is 13.8 Å². The van der Waals surface area contributed by atoms with E-state index in [0.29, 0.717) is 5.56 Å². The summed E-state index contributed by atoms with van der Waals surface area (Å²) in [5.74, 6) is -1.47. The fraction of sp³-hybridized carbons (Fsp3) is 0.176. The van der Waals surface area contributed by atoms with Gasteiger partial charge in [-0.15, -0.1) is 0 Å². The van der Waals surface area contributed by atoms with Crippen LogP contribution in [0.4, 0.5) is 0 Å². The lowest BCUT2D eigenvalue weighted by atomic mass is 9.90. The van der Waals surface area contributed by atoms with Crippen LogP contribution in [-0.2, 0) is 15.1 Å². The lowest BCUT2D eigenvalue weighted by Crippen LogP contribution is -2.48. The number of nitrogens with one attached hydrogen (secondary N) is 1. The van der Waals surface area contributed by atoms with E-state index in [9.17, 15) is 14.7 Å². The van der Waals surface area contributed by atoms with Gasteiger partial charge in [0.2, 0.25) is 5.91 Å². The molecule has 0 saturated heterocycles. The van der Waals surface area contributed by atoms with E-state index in [1.807, 2.05) is 42.5 Å². The standard InChI is InChI=1S/C17H17NO3/c1-12(19)18-17(2,16(20)21)15-10-8-14(9-11-15)13-6-4-3-5-7-13/h3-11H,1-2H3,(H,18,19)(H,20,21). The van der Waals surface area contributed by atoms with Crippen LogP contribution in [0.5, 0.6) is 0 Å². The maximum atomic E-state index is 11.5. The second-order valence-corrected chi connectivity index (χ2v) is 5.05. The second-order valence-electron chi connectivity index (χ2n) is 5.05. The van der Waals surface area contributed by atoms with Crippen molar-refractivity contribution in [2.75, 3.05) is 0 Å². The summed E-state index contributed by atoms with van der Waals surface area (Å²) in [5, 5.41) is 11.9. The SMILES string of the molecule is CC(=O)NC(C)(C(=O)O)c1ccc(-c2ccccc2)cc1. The number of amides is 1. The number of carbonyl (C=O) groups excluding carboxylic acids is 1. The lowest BCUT2D eigenvalue weighted by molar-refractivity contribution is -0.147. The van der Waals surface area contributed by atoms with E-state index in [0.717, 1.165) is 11.1 Å². The molecule has 0 fully saturated rings. The highest BCUT2D eigenvalue weighted by Gasteiger charge is 2.35. The Morgan fingerprint density at radius 1 is 0.952 bits per heavy atom. The average molecular weight is 283 g/mol. The van der Waals surface area contributed by atoms with Crippen LogP contribution in [0, 0.1) is 0 Å². The maximum absolute atomic E-state index is 11.5. The van der Waals surface area contributed by atoms with E-state index in [4.69, 9.17) is 0 Å². The van der Waals surface area contributed by atoms with Crippen LogP contribution in [0.15, 0.2) is 54.6 Å². The quantitative estimate of drug-likeness (QED) is 0.906. The molecule has 1 amide bonds. The van der Waals surface area contributed by atoms with Gasteiger partial charge in [-0.25, -0.2) is 4.79 Å². The Bertz CT molecular complexity index is 649. The molecule has 0 aromatic heterocycles. The van der Waals surface area contributed by atoms with Crippen molar-refractivity contribution in [3.63, 3.8) is 0 Å². The molecule has 1 atom stereocenters. The van der Waals surface area contributed by atoms with Crippen LogP contribution in [-0.4, -0.2) is 17.0 Å². The number of aliphatic carboxylic acids is 1. The van der Waals surface area contributed by atoms with Crippen LogP contribution >= 0.6 is 0 Å². The van der Waals surface area contributed by atoms with E-state index < -0.39 is 11.5 Å². The first-order valence-electron chi connectivity index (χ1n) is 6.61. The van der Waals surface area contributed by atoms with Gasteiger partial charge in [-0.1, -0.05) is 54.6 Å². The average Bonchev–Trinajstić information content (AvgIpc) is 2.47. The number of rotatable bonds is 4. The van der Waals surface area contributed by atoms with Crippen molar-refractivity contribution in [3.8, 4) is 11.1 Å². The zero-order valence-corrected chi connectivity index (χ0v) is 12.0. The van der Waals surface area contributed by atoms with Crippen molar-refractivity contribution in [1.29, 1.82) is 0 Å². The zero-order chi connectivity index (χ0) is 15.5. The Kier molecular flexibility index (Phi) is 4.08. The molecule has 4 heteroatoms. The summed E-state index contributed by atoms with van der Waals surface area (Å²) in [7, 11) is 0. The molecule has 0 aliphatic heterocycles. The summed E-state index contributed by atoms with van der Waals surface area (Å²) in [4.78, 5) is 22.7. The fourth-order valence-corrected chi connectivity index (χ4v) is 2.23. The molecule has 0 saturated carbocycles. The monoisotopic (exact) mass is 283 g/mol. The molecular formula is C17H17NO3. The molecule has 108 valence electrons. The van der Waals surface area contributed by atoms with Crippen molar-refractivity contribution in [2.24, 2.45) is 0 Å². The van der Waals surface area contributed by atoms with Gasteiger partial charge in [0.25, 0.3) is 0 Å². The largest absolute Gasteiger partial charge is 0.479 e. The van der Waals surface area contributed by atoms with Gasteiger partial charge in [-0.05, 0) is 23.6 Å². The summed E-state index contributed by atoms with van der Waals surface area (Å²) in [6.07, 6.45) is 0. The Labute approximate surface area is 123 Å². The third kappa shape index (κ3) is 3.11. The van der Waals surface area contributed by atoms with Crippen LogP contribution in [0.1, 0.15) is 19.4 Å². The van der Waals surface area contributed by atoms with Gasteiger partial charge in [0.15, 0.2) is 5.54 Å². The molecule has 1 unspecified atom stereocenters. The third-order valence-electron chi connectivity index (χ3n) is 3.42. The van der Waals surface area contributed by atoms with Gasteiger partial charge in [-0.2, -0.15) is 0 Å². The topological polar surface area (TPSA) is 66.4 Å². The van der Waals surface area contributed by atoms with Crippen LogP contribution in [0.2, 0.25) is 0 Å². The molecule has 0 heterocycles. The smallest absolute Gasteiger partial charge is 0.333 e. The number of carboxylic acids is 1. The highest BCUT2D eigenvalue weighted by atomic mass is 16.4. The van der Waals surface area contributed by atoms with Gasteiger partial charge in [0.1, 0.15) is 0 Å². The zero-order valence-electron chi connectivity index (χ0n) is 12.0. The summed E-state index contributed by atoms with van der Waals surface area (Å²) >= 11 is 0. The molecule has 0 spiro atoms. The van der Waals surface area contributed by atoms with E-state index in [-0.39, 0.29) is 5.91 Å². The predicted octanol–water partition coefficient (Wildman–Crippen LogP) is 2.79. The third-order valence-corrected chi connectivity index (χ3v) is 3.42. The first-order chi connectivity index (χ1) is 9.93. The first-order valence-corrected chi connectivity index (χ1v) is 6.61. The second kappa shape index (κ2) is 5.79. The molecule has 0 aliphatic rings.